The summed E-state index contributed by atoms with van der Waals surface area (Å²) in [6.45, 7) is 10.5. The van der Waals surface area contributed by atoms with E-state index in [-0.39, 0.29) is 0 Å². The van der Waals surface area contributed by atoms with Crippen LogP contribution < -0.4 is 14.4 Å². The largest absolute Gasteiger partial charge is 0.497 e. The van der Waals surface area contributed by atoms with Gasteiger partial charge in [-0.25, -0.2) is 0 Å². The van der Waals surface area contributed by atoms with Crippen LogP contribution in [0.1, 0.15) is 32.3 Å². The normalized spacial score (nSPS) is 15.4. The Labute approximate surface area is 170 Å². The smallest absolute Gasteiger partial charge is 0.120 e. The van der Waals surface area contributed by atoms with E-state index >= 15 is 0 Å². The monoisotopic (exact) mass is 382 g/mol. The van der Waals surface area contributed by atoms with Crippen molar-refractivity contribution in [1.82, 2.24) is 4.90 Å². The number of hydrogen-bond acceptors (Lipinski definition) is 4. The average Bonchev–Trinajstić information content (AvgIpc) is 2.74. The second-order valence-electron chi connectivity index (χ2n) is 7.73. The fraction of sp³-hybridized carbons (Fsp3) is 0.500. The molecule has 0 atom stereocenters. The minimum absolute atomic E-state index is 0.763. The second kappa shape index (κ2) is 10.4. The molecule has 0 aromatic heterocycles. The summed E-state index contributed by atoms with van der Waals surface area (Å²) in [6.07, 6.45) is 2.63. The summed E-state index contributed by atoms with van der Waals surface area (Å²) in [5.41, 5.74) is 2.46. The van der Waals surface area contributed by atoms with E-state index in [4.69, 9.17) is 9.47 Å². The molecule has 3 rings (SSSR count). The van der Waals surface area contributed by atoms with Crippen molar-refractivity contribution in [3.8, 4) is 11.5 Å². The molecule has 1 aliphatic heterocycles. The summed E-state index contributed by atoms with van der Waals surface area (Å²) in [4.78, 5) is 4.86. The fourth-order valence-corrected chi connectivity index (χ4v) is 3.68. The molecule has 0 radical (unpaired) electrons. The zero-order chi connectivity index (χ0) is 19.8. The summed E-state index contributed by atoms with van der Waals surface area (Å²) in [6, 6.07) is 16.7. The molecule has 0 unspecified atom stereocenters. The van der Waals surface area contributed by atoms with Crippen LogP contribution in [-0.2, 0) is 6.54 Å². The third-order valence-electron chi connectivity index (χ3n) is 5.65. The van der Waals surface area contributed by atoms with Crippen molar-refractivity contribution in [1.29, 1.82) is 0 Å². The highest BCUT2D eigenvalue weighted by molar-refractivity contribution is 5.51. The first-order chi connectivity index (χ1) is 13.7. The molecule has 0 saturated carbocycles. The van der Waals surface area contributed by atoms with E-state index in [0.29, 0.717) is 0 Å². The van der Waals surface area contributed by atoms with Gasteiger partial charge in [0.25, 0.3) is 0 Å². The number of rotatable bonds is 9. The molecule has 2 aromatic carbocycles. The van der Waals surface area contributed by atoms with E-state index < -0.39 is 0 Å². The highest BCUT2D eigenvalue weighted by Crippen LogP contribution is 2.23. The molecule has 0 amide bonds. The first-order valence-electron chi connectivity index (χ1n) is 10.5. The van der Waals surface area contributed by atoms with Crippen LogP contribution in [0.15, 0.2) is 48.5 Å². The number of methoxy groups -OCH3 is 1. The molecule has 0 aliphatic carbocycles. The van der Waals surface area contributed by atoms with Crippen molar-refractivity contribution in [2.24, 2.45) is 5.92 Å². The lowest BCUT2D eigenvalue weighted by Crippen LogP contribution is -2.35. The Morgan fingerprint density at radius 1 is 1.04 bits per heavy atom. The number of nitrogens with zero attached hydrogens (tertiary/aromatic N) is 2. The maximum atomic E-state index is 5.97. The van der Waals surface area contributed by atoms with Crippen molar-refractivity contribution < 1.29 is 9.47 Å². The molecule has 0 spiro atoms. The van der Waals surface area contributed by atoms with Gasteiger partial charge in [-0.2, -0.15) is 0 Å². The van der Waals surface area contributed by atoms with Crippen molar-refractivity contribution in [3.05, 3.63) is 54.1 Å². The summed E-state index contributed by atoms with van der Waals surface area (Å²) in [5.74, 6) is 2.73. The van der Waals surface area contributed by atoms with Gasteiger partial charge >= 0.3 is 0 Å². The highest BCUT2D eigenvalue weighted by atomic mass is 16.5. The molecule has 4 heteroatoms. The van der Waals surface area contributed by atoms with Gasteiger partial charge in [-0.1, -0.05) is 25.1 Å². The Bertz CT molecular complexity index is 709. The number of hydrogen-bond donors (Lipinski definition) is 0. The molecule has 1 saturated heterocycles. The minimum Gasteiger partial charge on any atom is -0.497 e. The average molecular weight is 383 g/mol. The van der Waals surface area contributed by atoms with E-state index in [1.807, 2.05) is 12.1 Å². The number of benzene rings is 2. The van der Waals surface area contributed by atoms with Crippen LogP contribution in [-0.4, -0.2) is 44.8 Å². The van der Waals surface area contributed by atoms with Gasteiger partial charge in [0.15, 0.2) is 0 Å². The molecule has 4 nitrogen and oxygen atoms in total. The van der Waals surface area contributed by atoms with Crippen LogP contribution >= 0.6 is 0 Å². The van der Waals surface area contributed by atoms with Crippen molar-refractivity contribution in [3.63, 3.8) is 0 Å². The Kier molecular flexibility index (Phi) is 7.61. The van der Waals surface area contributed by atoms with E-state index in [1.165, 1.54) is 37.2 Å². The maximum absolute atomic E-state index is 5.97. The highest BCUT2D eigenvalue weighted by Gasteiger charge is 2.15. The SMILES string of the molecule is CCN(Cc1ccc(OCCN2CCC(C)CC2)cc1)c1cccc(OC)c1. The zero-order valence-electron chi connectivity index (χ0n) is 17.6. The molecule has 2 aromatic rings. The van der Waals surface area contributed by atoms with Crippen LogP contribution in [0.4, 0.5) is 5.69 Å². The van der Waals surface area contributed by atoms with Gasteiger partial charge in [-0.05, 0) is 68.6 Å². The Morgan fingerprint density at radius 2 is 1.79 bits per heavy atom. The van der Waals surface area contributed by atoms with Crippen molar-refractivity contribution in [2.45, 2.75) is 33.2 Å². The van der Waals surface area contributed by atoms with Crippen LogP contribution in [0, 0.1) is 5.92 Å². The first-order valence-corrected chi connectivity index (χ1v) is 10.5. The first kappa shape index (κ1) is 20.5. The van der Waals surface area contributed by atoms with Gasteiger partial charge in [-0.15, -0.1) is 0 Å². The molecular weight excluding hydrogens is 348 g/mol. The Balaban J connectivity index is 1.49. The van der Waals surface area contributed by atoms with Gasteiger partial charge in [0.2, 0.25) is 0 Å². The molecule has 0 N–H and O–H groups in total. The Hall–Kier alpha value is -2.20. The molecule has 152 valence electrons. The van der Waals surface area contributed by atoms with Crippen LogP contribution in [0.3, 0.4) is 0 Å². The predicted octanol–water partition coefficient (Wildman–Crippen LogP) is 4.83. The molecular formula is C24H34N2O2. The number of piperidine rings is 1. The fourth-order valence-electron chi connectivity index (χ4n) is 3.68. The maximum Gasteiger partial charge on any atom is 0.120 e. The molecule has 1 fully saturated rings. The van der Waals surface area contributed by atoms with E-state index in [9.17, 15) is 0 Å². The second-order valence-corrected chi connectivity index (χ2v) is 7.73. The van der Waals surface area contributed by atoms with Crippen molar-refractivity contribution in [2.75, 3.05) is 44.8 Å². The lowest BCUT2D eigenvalue weighted by molar-refractivity contribution is 0.160. The van der Waals surface area contributed by atoms with Crippen LogP contribution in [0.2, 0.25) is 0 Å². The number of ether oxygens (including phenoxy) is 2. The predicted molar refractivity (Wildman–Crippen MR) is 116 cm³/mol. The van der Waals surface area contributed by atoms with Crippen LogP contribution in [0.5, 0.6) is 11.5 Å². The molecule has 28 heavy (non-hydrogen) atoms. The van der Waals surface area contributed by atoms with E-state index in [2.05, 4.69) is 60.0 Å². The minimum atomic E-state index is 0.763. The van der Waals surface area contributed by atoms with Gasteiger partial charge in [-0.3, -0.25) is 4.90 Å². The standard InChI is InChI=1S/C24H34N2O2/c1-4-26(22-6-5-7-24(18-22)27-3)19-21-8-10-23(11-9-21)28-17-16-25-14-12-20(2)13-15-25/h5-11,18,20H,4,12-17,19H2,1-3H3. The zero-order valence-corrected chi connectivity index (χ0v) is 17.6. The topological polar surface area (TPSA) is 24.9 Å². The lowest BCUT2D eigenvalue weighted by atomic mass is 9.99. The van der Waals surface area contributed by atoms with E-state index in [1.54, 1.807) is 7.11 Å². The number of likely N-dealkylation sites (tertiary alicyclic amines) is 1. The van der Waals surface area contributed by atoms with Crippen molar-refractivity contribution >= 4 is 5.69 Å². The van der Waals surface area contributed by atoms with Gasteiger partial charge in [0, 0.05) is 31.4 Å². The lowest BCUT2D eigenvalue weighted by Gasteiger charge is -2.29. The van der Waals surface area contributed by atoms with Gasteiger partial charge in [0.05, 0.1) is 7.11 Å². The van der Waals surface area contributed by atoms with Gasteiger partial charge in [0.1, 0.15) is 18.1 Å². The summed E-state index contributed by atoms with van der Waals surface area (Å²) >= 11 is 0. The molecule has 1 heterocycles. The van der Waals surface area contributed by atoms with E-state index in [0.717, 1.165) is 43.7 Å². The summed E-state index contributed by atoms with van der Waals surface area (Å²) < 4.78 is 11.3. The third-order valence-corrected chi connectivity index (χ3v) is 5.65. The van der Waals surface area contributed by atoms with Gasteiger partial charge < -0.3 is 14.4 Å². The molecule has 0 bridgehead atoms. The summed E-state index contributed by atoms with van der Waals surface area (Å²) in [5, 5.41) is 0. The summed E-state index contributed by atoms with van der Waals surface area (Å²) in [7, 11) is 1.71. The third kappa shape index (κ3) is 5.90. The molecule has 1 aliphatic rings. The number of anilines is 1. The quantitative estimate of drug-likeness (QED) is 0.620. The Morgan fingerprint density at radius 3 is 2.46 bits per heavy atom. The van der Waals surface area contributed by atoms with Crippen LogP contribution in [0.25, 0.3) is 0 Å².